The molecule has 6 rings (SSSR count). The van der Waals surface area contributed by atoms with Gasteiger partial charge in [-0.05, 0) is 61.2 Å². The number of carbonyl (C=O) groups is 1. The van der Waals surface area contributed by atoms with Gasteiger partial charge < -0.3 is 24.9 Å². The van der Waals surface area contributed by atoms with E-state index in [1.54, 1.807) is 25.1 Å². The second kappa shape index (κ2) is 8.74. The van der Waals surface area contributed by atoms with Gasteiger partial charge in [0.2, 0.25) is 0 Å². The third kappa shape index (κ3) is 3.69. The average Bonchev–Trinajstić information content (AvgIpc) is 3.27. The quantitative estimate of drug-likeness (QED) is 0.306. The van der Waals surface area contributed by atoms with Crippen LogP contribution in [0.4, 0.5) is 0 Å². The minimum absolute atomic E-state index is 0.282. The normalized spacial score (nSPS) is 27.8. The maximum absolute atomic E-state index is 13.3. The van der Waals surface area contributed by atoms with Crippen molar-refractivity contribution in [1.82, 2.24) is 5.32 Å². The Bertz CT molecular complexity index is 1620. The van der Waals surface area contributed by atoms with Gasteiger partial charge >= 0.3 is 11.6 Å². The van der Waals surface area contributed by atoms with Crippen LogP contribution in [0, 0.1) is 0 Å². The molecule has 3 heterocycles. The van der Waals surface area contributed by atoms with E-state index >= 15 is 0 Å². The lowest BCUT2D eigenvalue weighted by Gasteiger charge is -2.53. The summed E-state index contributed by atoms with van der Waals surface area (Å²) < 4.78 is 18.8. The Hall–Kier alpha value is -4.10. The number of hydrogen-bond donors (Lipinski definition) is 2. The van der Waals surface area contributed by atoms with Crippen LogP contribution < -0.4 is 21.4 Å². The highest BCUT2D eigenvalue weighted by Crippen LogP contribution is 2.57. The lowest BCUT2D eigenvalue weighted by atomic mass is 9.59. The molecule has 0 saturated carbocycles. The van der Waals surface area contributed by atoms with E-state index in [-0.39, 0.29) is 18.1 Å². The van der Waals surface area contributed by atoms with E-state index in [9.17, 15) is 9.59 Å². The average molecular weight is 511 g/mol. The summed E-state index contributed by atoms with van der Waals surface area (Å²) in [5.41, 5.74) is 8.78. The zero-order valence-electron chi connectivity index (χ0n) is 21.6. The number of allylic oxidation sites excluding steroid dienone is 2. The fraction of sp³-hybridized carbons (Fsp3) is 0.290. The van der Waals surface area contributed by atoms with E-state index in [0.29, 0.717) is 29.7 Å². The molecule has 7 nitrogen and oxygen atoms in total. The van der Waals surface area contributed by atoms with Gasteiger partial charge in [0.1, 0.15) is 11.3 Å². The molecule has 2 aliphatic heterocycles. The molecule has 3 aromatic rings. The van der Waals surface area contributed by atoms with Crippen LogP contribution in [-0.4, -0.2) is 23.3 Å². The first-order chi connectivity index (χ1) is 18.2. The summed E-state index contributed by atoms with van der Waals surface area (Å²) in [6, 6.07) is 15.2. The number of ether oxygens (including phenoxy) is 2. The molecule has 0 bridgehead atoms. The van der Waals surface area contributed by atoms with Gasteiger partial charge in [-0.3, -0.25) is 0 Å². The van der Waals surface area contributed by atoms with Crippen molar-refractivity contribution in [2.24, 2.45) is 5.73 Å². The molecule has 0 amide bonds. The predicted octanol–water partition coefficient (Wildman–Crippen LogP) is 4.40. The molecule has 194 valence electrons. The SMILES string of the molecule is CC=C(C)C(=O)OC1(C)Cc2ccccc2C(C2=CNC(N)C=C2)C12Cc1cc3ccc(=O)oc3cc1O2. The van der Waals surface area contributed by atoms with Gasteiger partial charge in [0.25, 0.3) is 0 Å². The molecule has 2 aromatic carbocycles. The van der Waals surface area contributed by atoms with Crippen LogP contribution in [0.15, 0.2) is 93.3 Å². The number of dihydropyridines is 1. The van der Waals surface area contributed by atoms with Crippen molar-refractivity contribution >= 4 is 16.9 Å². The van der Waals surface area contributed by atoms with Crippen molar-refractivity contribution in [3.63, 3.8) is 0 Å². The van der Waals surface area contributed by atoms with Crippen molar-refractivity contribution in [1.29, 1.82) is 0 Å². The summed E-state index contributed by atoms with van der Waals surface area (Å²) in [7, 11) is 0. The molecular weight excluding hydrogens is 480 g/mol. The van der Waals surface area contributed by atoms with E-state index < -0.39 is 16.8 Å². The lowest BCUT2D eigenvalue weighted by molar-refractivity contribution is -0.184. The Balaban J connectivity index is 1.58. The molecule has 0 saturated heterocycles. The monoisotopic (exact) mass is 510 g/mol. The minimum Gasteiger partial charge on any atom is -0.481 e. The summed E-state index contributed by atoms with van der Waals surface area (Å²) >= 11 is 0. The van der Waals surface area contributed by atoms with Crippen molar-refractivity contribution in [2.75, 3.05) is 0 Å². The lowest BCUT2D eigenvalue weighted by Crippen LogP contribution is -2.65. The summed E-state index contributed by atoms with van der Waals surface area (Å²) in [5.74, 6) is -0.0437. The minimum atomic E-state index is -1.03. The number of rotatable bonds is 3. The number of benzene rings is 2. The summed E-state index contributed by atoms with van der Waals surface area (Å²) in [4.78, 5) is 25.2. The number of carbonyl (C=O) groups excluding carboxylic acids is 1. The standard InChI is InChI=1S/C31H30N2O5/c1-4-18(2)29(35)38-30(3)15-20-7-5-6-8-23(20)28(21-9-11-26(32)33-17-21)31(30)16-22-13-19-10-12-27(34)36-24(19)14-25(22)37-31/h4-14,17,26,28,33H,15-16,32H2,1-3H3. The maximum Gasteiger partial charge on any atom is 0.336 e. The van der Waals surface area contributed by atoms with Gasteiger partial charge in [0.15, 0.2) is 11.2 Å². The number of nitrogens with one attached hydrogen (secondary N) is 1. The van der Waals surface area contributed by atoms with E-state index in [2.05, 4.69) is 17.4 Å². The Morgan fingerprint density at radius 3 is 2.74 bits per heavy atom. The van der Waals surface area contributed by atoms with Crippen LogP contribution in [0.5, 0.6) is 5.75 Å². The highest BCUT2D eigenvalue weighted by atomic mass is 16.6. The second-order valence-electron chi connectivity index (χ2n) is 10.5. The van der Waals surface area contributed by atoms with Crippen LogP contribution in [0.25, 0.3) is 11.0 Å². The number of hydrogen-bond acceptors (Lipinski definition) is 7. The van der Waals surface area contributed by atoms with Crippen molar-refractivity contribution in [2.45, 2.75) is 56.9 Å². The Kier molecular flexibility index (Phi) is 5.58. The first-order valence-corrected chi connectivity index (χ1v) is 12.8. The Morgan fingerprint density at radius 2 is 1.97 bits per heavy atom. The van der Waals surface area contributed by atoms with Gasteiger partial charge in [-0.15, -0.1) is 0 Å². The molecule has 0 radical (unpaired) electrons. The van der Waals surface area contributed by atoms with Crippen LogP contribution in [0.3, 0.4) is 0 Å². The van der Waals surface area contributed by atoms with Gasteiger partial charge in [0, 0.05) is 42.1 Å². The molecule has 1 spiro atoms. The van der Waals surface area contributed by atoms with E-state index in [0.717, 1.165) is 27.6 Å². The third-order valence-electron chi connectivity index (χ3n) is 8.15. The first-order valence-electron chi connectivity index (χ1n) is 12.8. The Morgan fingerprint density at radius 1 is 1.16 bits per heavy atom. The van der Waals surface area contributed by atoms with Gasteiger partial charge in [-0.25, -0.2) is 9.59 Å². The van der Waals surface area contributed by atoms with E-state index in [1.807, 2.05) is 50.4 Å². The zero-order chi connectivity index (χ0) is 26.7. The Labute approximate surface area is 220 Å². The molecule has 1 aromatic heterocycles. The van der Waals surface area contributed by atoms with Crippen LogP contribution >= 0.6 is 0 Å². The molecule has 1 aliphatic carbocycles. The summed E-state index contributed by atoms with van der Waals surface area (Å²) in [6.45, 7) is 5.54. The fourth-order valence-electron chi connectivity index (χ4n) is 6.06. The van der Waals surface area contributed by atoms with E-state index in [4.69, 9.17) is 19.6 Å². The van der Waals surface area contributed by atoms with Gasteiger partial charge in [0.05, 0.1) is 12.1 Å². The number of esters is 1. The topological polar surface area (TPSA) is 104 Å². The molecule has 3 N–H and O–H groups in total. The molecule has 7 heteroatoms. The molecule has 4 atom stereocenters. The molecule has 4 unspecified atom stereocenters. The van der Waals surface area contributed by atoms with Gasteiger partial charge in [-0.1, -0.05) is 36.4 Å². The molecular formula is C31H30N2O5. The fourth-order valence-corrected chi connectivity index (χ4v) is 6.06. The largest absolute Gasteiger partial charge is 0.481 e. The predicted molar refractivity (Wildman–Crippen MR) is 145 cm³/mol. The highest BCUT2D eigenvalue weighted by Gasteiger charge is 2.64. The highest BCUT2D eigenvalue weighted by molar-refractivity contribution is 5.88. The van der Waals surface area contributed by atoms with Crippen molar-refractivity contribution < 1.29 is 18.7 Å². The van der Waals surface area contributed by atoms with E-state index in [1.165, 1.54) is 6.07 Å². The van der Waals surface area contributed by atoms with Crippen LogP contribution in [-0.2, 0) is 22.4 Å². The zero-order valence-corrected chi connectivity index (χ0v) is 21.6. The van der Waals surface area contributed by atoms with Crippen molar-refractivity contribution in [3.05, 3.63) is 111 Å². The molecule has 38 heavy (non-hydrogen) atoms. The third-order valence-corrected chi connectivity index (χ3v) is 8.15. The molecule has 3 aliphatic rings. The first kappa shape index (κ1) is 24.2. The second-order valence-corrected chi connectivity index (χ2v) is 10.5. The number of nitrogens with two attached hydrogens (primary N) is 1. The number of fused-ring (bicyclic) bond motifs is 3. The smallest absolute Gasteiger partial charge is 0.336 e. The van der Waals surface area contributed by atoms with Crippen LogP contribution in [0.2, 0.25) is 0 Å². The summed E-state index contributed by atoms with van der Waals surface area (Å²) in [6.07, 6.45) is 8.31. The van der Waals surface area contributed by atoms with Gasteiger partial charge in [-0.2, -0.15) is 0 Å². The maximum atomic E-state index is 13.3. The summed E-state index contributed by atoms with van der Waals surface area (Å²) in [5, 5.41) is 4.03. The van der Waals surface area contributed by atoms with Crippen molar-refractivity contribution in [3.8, 4) is 5.75 Å². The van der Waals surface area contributed by atoms with Crippen LogP contribution in [0.1, 0.15) is 43.4 Å². The molecule has 0 fully saturated rings.